The Morgan fingerprint density at radius 2 is 1.79 bits per heavy atom. The fourth-order valence-electron chi connectivity index (χ4n) is 3.74. The number of aryl methyl sites for hydroxylation is 1. The Balaban J connectivity index is 1.89. The minimum Gasteiger partial charge on any atom is -0.339 e. The van der Waals surface area contributed by atoms with Crippen molar-refractivity contribution < 1.29 is 13.2 Å². The van der Waals surface area contributed by atoms with Crippen LogP contribution in [0.2, 0.25) is 5.02 Å². The van der Waals surface area contributed by atoms with Gasteiger partial charge in [-0.05, 0) is 62.1 Å². The van der Waals surface area contributed by atoms with E-state index in [-0.39, 0.29) is 21.9 Å². The monoisotopic (exact) mass is 434 g/mol. The lowest BCUT2D eigenvalue weighted by molar-refractivity contribution is 0.0696. The van der Waals surface area contributed by atoms with E-state index in [1.807, 2.05) is 19.9 Å². The number of hydrogen-bond donors (Lipinski definition) is 1. The second-order valence-electron chi connectivity index (χ2n) is 7.71. The first-order valence-electron chi connectivity index (χ1n) is 9.86. The van der Waals surface area contributed by atoms with Crippen LogP contribution in [0.25, 0.3) is 0 Å². The fourth-order valence-corrected chi connectivity index (χ4v) is 5.39. The Hall–Kier alpha value is -2.05. The molecular formula is C22H27ClN2O3S. The summed E-state index contributed by atoms with van der Waals surface area (Å²) < 4.78 is 28.6. The number of nitrogens with zero attached hydrogens (tertiary/aromatic N) is 1. The number of anilines is 1. The predicted molar refractivity (Wildman–Crippen MR) is 117 cm³/mol. The topological polar surface area (TPSA) is 66.5 Å². The summed E-state index contributed by atoms with van der Waals surface area (Å²) in [4.78, 5) is 14.6. The van der Waals surface area contributed by atoms with Gasteiger partial charge >= 0.3 is 0 Å². The molecule has 2 aromatic rings. The van der Waals surface area contributed by atoms with Gasteiger partial charge in [0.1, 0.15) is 4.90 Å². The maximum absolute atomic E-state index is 13.0. The number of benzene rings is 2. The van der Waals surface area contributed by atoms with E-state index in [1.54, 1.807) is 30.1 Å². The van der Waals surface area contributed by atoms with Crippen LogP contribution in [0.3, 0.4) is 0 Å². The van der Waals surface area contributed by atoms with Gasteiger partial charge < -0.3 is 4.90 Å². The molecule has 1 saturated carbocycles. The van der Waals surface area contributed by atoms with Crippen LogP contribution in [0, 0.1) is 13.8 Å². The second-order valence-corrected chi connectivity index (χ2v) is 9.76. The predicted octanol–water partition coefficient (Wildman–Crippen LogP) is 5.16. The van der Waals surface area contributed by atoms with E-state index in [0.29, 0.717) is 11.3 Å². The first-order chi connectivity index (χ1) is 13.7. The lowest BCUT2D eigenvalue weighted by Crippen LogP contribution is -2.38. The average Bonchev–Trinajstić information content (AvgIpc) is 2.71. The summed E-state index contributed by atoms with van der Waals surface area (Å²) >= 11 is 6.21. The van der Waals surface area contributed by atoms with Crippen LogP contribution in [-0.2, 0) is 10.0 Å². The largest absolute Gasteiger partial charge is 0.339 e. The number of rotatable bonds is 5. The van der Waals surface area contributed by atoms with Crippen LogP contribution in [0.15, 0.2) is 41.3 Å². The Morgan fingerprint density at radius 3 is 2.48 bits per heavy atom. The molecule has 0 radical (unpaired) electrons. The summed E-state index contributed by atoms with van der Waals surface area (Å²) in [6.07, 6.45) is 5.39. The van der Waals surface area contributed by atoms with E-state index < -0.39 is 10.0 Å². The van der Waals surface area contributed by atoms with E-state index in [9.17, 15) is 13.2 Å². The molecule has 0 spiro atoms. The SMILES string of the molecule is Cc1cccc(NS(=O)(=O)c2cc(C(=O)N(C)C3CCCCC3)ccc2Cl)c1C. The van der Waals surface area contributed by atoms with Crippen LogP contribution < -0.4 is 4.72 Å². The maximum atomic E-state index is 13.0. The molecule has 29 heavy (non-hydrogen) atoms. The number of nitrogens with one attached hydrogen (secondary N) is 1. The van der Waals surface area contributed by atoms with Crippen molar-refractivity contribution in [3.8, 4) is 0 Å². The van der Waals surface area contributed by atoms with Crippen molar-refractivity contribution in [2.24, 2.45) is 0 Å². The number of hydrogen-bond acceptors (Lipinski definition) is 3. The number of sulfonamides is 1. The molecule has 0 aromatic heterocycles. The third-order valence-corrected chi connectivity index (χ3v) is 7.61. The van der Waals surface area contributed by atoms with Gasteiger partial charge in [-0.1, -0.05) is 43.0 Å². The molecule has 156 valence electrons. The third kappa shape index (κ3) is 4.75. The molecule has 5 nitrogen and oxygen atoms in total. The molecule has 0 atom stereocenters. The van der Waals surface area contributed by atoms with Gasteiger partial charge in [-0.2, -0.15) is 0 Å². The molecule has 0 bridgehead atoms. The molecule has 1 N–H and O–H groups in total. The van der Waals surface area contributed by atoms with Crippen molar-refractivity contribution in [1.29, 1.82) is 0 Å². The van der Waals surface area contributed by atoms with Gasteiger partial charge in [-0.25, -0.2) is 8.42 Å². The smallest absolute Gasteiger partial charge is 0.263 e. The van der Waals surface area contributed by atoms with E-state index in [1.165, 1.54) is 18.6 Å². The molecule has 1 fully saturated rings. The van der Waals surface area contributed by atoms with Crippen LogP contribution >= 0.6 is 11.6 Å². The molecule has 0 unspecified atom stereocenters. The van der Waals surface area contributed by atoms with Crippen molar-refractivity contribution in [2.45, 2.75) is 56.9 Å². The summed E-state index contributed by atoms with van der Waals surface area (Å²) in [5.74, 6) is -0.184. The fraction of sp³-hybridized carbons (Fsp3) is 0.409. The van der Waals surface area contributed by atoms with Crippen LogP contribution in [0.4, 0.5) is 5.69 Å². The normalized spacial score (nSPS) is 15.2. The van der Waals surface area contributed by atoms with Gasteiger partial charge in [0, 0.05) is 18.7 Å². The zero-order chi connectivity index (χ0) is 21.2. The summed E-state index contributed by atoms with van der Waals surface area (Å²) in [6, 6.07) is 10.0. The second kappa shape index (κ2) is 8.76. The van der Waals surface area contributed by atoms with Crippen molar-refractivity contribution in [3.63, 3.8) is 0 Å². The van der Waals surface area contributed by atoms with Gasteiger partial charge in [-0.15, -0.1) is 0 Å². The van der Waals surface area contributed by atoms with Crippen molar-refractivity contribution >= 4 is 33.2 Å². The molecule has 7 heteroatoms. The molecule has 0 heterocycles. The zero-order valence-corrected chi connectivity index (χ0v) is 18.6. The maximum Gasteiger partial charge on any atom is 0.263 e. The Kier molecular flexibility index (Phi) is 6.54. The minimum absolute atomic E-state index is 0.0830. The molecule has 0 aliphatic heterocycles. The standard InChI is InChI=1S/C22H27ClN2O3S/c1-15-8-7-11-20(16(15)2)24-29(27,28)21-14-17(12-13-19(21)23)22(26)25(3)18-9-5-4-6-10-18/h7-8,11-14,18,24H,4-6,9-10H2,1-3H3. The lowest BCUT2D eigenvalue weighted by atomic mass is 9.94. The Morgan fingerprint density at radius 1 is 1.10 bits per heavy atom. The quantitative estimate of drug-likeness (QED) is 0.706. The molecular weight excluding hydrogens is 408 g/mol. The lowest BCUT2D eigenvalue weighted by Gasteiger charge is -2.31. The molecule has 3 rings (SSSR count). The number of amides is 1. The van der Waals surface area contributed by atoms with E-state index in [2.05, 4.69) is 4.72 Å². The first kappa shape index (κ1) is 21.7. The average molecular weight is 435 g/mol. The number of carbonyl (C=O) groups excluding carboxylic acids is 1. The molecule has 1 aliphatic carbocycles. The van der Waals surface area contributed by atoms with Gasteiger partial charge in [0.25, 0.3) is 15.9 Å². The van der Waals surface area contributed by atoms with Gasteiger partial charge in [0.2, 0.25) is 0 Å². The first-order valence-corrected chi connectivity index (χ1v) is 11.7. The number of carbonyl (C=O) groups is 1. The molecule has 1 aliphatic rings. The molecule has 1 amide bonds. The molecule has 2 aromatic carbocycles. The summed E-state index contributed by atoms with van der Waals surface area (Å²) in [5, 5.41) is 0.0830. The summed E-state index contributed by atoms with van der Waals surface area (Å²) in [5.41, 5.74) is 2.65. The highest BCUT2D eigenvalue weighted by Crippen LogP contribution is 2.28. The van der Waals surface area contributed by atoms with Gasteiger partial charge in [0.05, 0.1) is 10.7 Å². The van der Waals surface area contributed by atoms with Crippen LogP contribution in [0.1, 0.15) is 53.6 Å². The highest BCUT2D eigenvalue weighted by atomic mass is 35.5. The Labute approximate surface area is 178 Å². The van der Waals surface area contributed by atoms with Crippen LogP contribution in [-0.4, -0.2) is 32.3 Å². The minimum atomic E-state index is -3.94. The van der Waals surface area contributed by atoms with Crippen molar-refractivity contribution in [1.82, 2.24) is 4.90 Å². The summed E-state index contributed by atoms with van der Waals surface area (Å²) in [7, 11) is -2.16. The zero-order valence-electron chi connectivity index (χ0n) is 17.0. The van der Waals surface area contributed by atoms with E-state index >= 15 is 0 Å². The van der Waals surface area contributed by atoms with Gasteiger partial charge in [0.15, 0.2) is 0 Å². The van der Waals surface area contributed by atoms with E-state index in [0.717, 1.165) is 36.8 Å². The highest BCUT2D eigenvalue weighted by molar-refractivity contribution is 7.92. The third-order valence-electron chi connectivity index (χ3n) is 5.76. The highest BCUT2D eigenvalue weighted by Gasteiger charge is 2.26. The van der Waals surface area contributed by atoms with Crippen LogP contribution in [0.5, 0.6) is 0 Å². The Bertz CT molecular complexity index is 1010. The summed E-state index contributed by atoms with van der Waals surface area (Å²) in [6.45, 7) is 3.77. The van der Waals surface area contributed by atoms with Gasteiger partial charge in [-0.3, -0.25) is 9.52 Å². The van der Waals surface area contributed by atoms with Crippen molar-refractivity contribution in [3.05, 3.63) is 58.1 Å². The van der Waals surface area contributed by atoms with E-state index in [4.69, 9.17) is 11.6 Å². The molecule has 0 saturated heterocycles. The number of halogens is 1. The van der Waals surface area contributed by atoms with Crippen molar-refractivity contribution in [2.75, 3.05) is 11.8 Å².